The summed E-state index contributed by atoms with van der Waals surface area (Å²) in [5, 5.41) is 14.1. The Hall–Kier alpha value is -3.52. The normalized spacial score (nSPS) is 14.4. The van der Waals surface area contributed by atoms with Crippen LogP contribution in [-0.2, 0) is 11.4 Å². The smallest absolute Gasteiger partial charge is 0.333 e. The lowest BCUT2D eigenvalue weighted by molar-refractivity contribution is -0.255. The van der Waals surface area contributed by atoms with E-state index in [1.165, 1.54) is 36.4 Å². The van der Waals surface area contributed by atoms with Crippen molar-refractivity contribution in [2.24, 2.45) is 0 Å². The first-order valence-electron chi connectivity index (χ1n) is 9.78. The van der Waals surface area contributed by atoms with Gasteiger partial charge in [-0.2, -0.15) is 0 Å². The van der Waals surface area contributed by atoms with E-state index in [-0.39, 0.29) is 33.7 Å². The van der Waals surface area contributed by atoms with E-state index < -0.39 is 17.9 Å². The standard InChI is InChI=1S/C24H15Cl3N2O5/c25-16-2-1-3-17(11-16)29-22(30)20(28-24(29)33)10-14-8-18(26)21(19(27)9-14)34-12-13-4-6-15(7-5-13)23(31)32/h1-11H,12H2,(H,28,33)(H,31,32)/p-1/b20-10+. The summed E-state index contributed by atoms with van der Waals surface area (Å²) in [4.78, 5) is 37.0. The number of anilines is 1. The number of halogens is 3. The van der Waals surface area contributed by atoms with Crippen molar-refractivity contribution in [2.45, 2.75) is 6.61 Å². The molecular formula is C24H14Cl3N2O5-. The van der Waals surface area contributed by atoms with Crippen LogP contribution in [-0.4, -0.2) is 17.9 Å². The Morgan fingerprint density at radius 1 is 1.00 bits per heavy atom. The fraction of sp³-hybridized carbons (Fsp3) is 0.0417. The van der Waals surface area contributed by atoms with Crippen LogP contribution in [0.4, 0.5) is 10.5 Å². The molecule has 1 saturated heterocycles. The molecule has 1 aliphatic rings. The molecule has 1 aliphatic heterocycles. The average molecular weight is 517 g/mol. The van der Waals surface area contributed by atoms with Gasteiger partial charge in [0.2, 0.25) is 0 Å². The van der Waals surface area contributed by atoms with Crippen LogP contribution < -0.4 is 20.1 Å². The first-order chi connectivity index (χ1) is 16.2. The fourth-order valence-electron chi connectivity index (χ4n) is 3.24. The van der Waals surface area contributed by atoms with Crippen molar-refractivity contribution in [3.8, 4) is 5.75 Å². The van der Waals surface area contributed by atoms with Crippen LogP contribution in [0.3, 0.4) is 0 Å². The minimum absolute atomic E-state index is 0.0405. The maximum absolute atomic E-state index is 12.8. The highest BCUT2D eigenvalue weighted by atomic mass is 35.5. The molecule has 0 aromatic heterocycles. The van der Waals surface area contributed by atoms with E-state index in [4.69, 9.17) is 39.5 Å². The summed E-state index contributed by atoms with van der Waals surface area (Å²) in [5.41, 5.74) is 1.60. The number of nitrogens with one attached hydrogen (secondary N) is 1. The lowest BCUT2D eigenvalue weighted by atomic mass is 10.1. The van der Waals surface area contributed by atoms with Gasteiger partial charge in [-0.1, -0.05) is 65.1 Å². The van der Waals surface area contributed by atoms with Gasteiger partial charge in [-0.15, -0.1) is 0 Å². The van der Waals surface area contributed by atoms with Crippen molar-refractivity contribution in [3.05, 3.63) is 98.1 Å². The number of urea groups is 1. The predicted octanol–water partition coefficient (Wildman–Crippen LogP) is 4.69. The van der Waals surface area contributed by atoms with Gasteiger partial charge in [0.15, 0.2) is 5.75 Å². The molecule has 34 heavy (non-hydrogen) atoms. The number of benzene rings is 3. The molecule has 3 aromatic rings. The van der Waals surface area contributed by atoms with Gasteiger partial charge in [0.25, 0.3) is 5.91 Å². The molecular weight excluding hydrogens is 503 g/mol. The number of carboxylic acid groups (broad SMARTS) is 1. The second kappa shape index (κ2) is 9.77. The number of imide groups is 1. The molecule has 0 aliphatic carbocycles. The Balaban J connectivity index is 1.52. The van der Waals surface area contributed by atoms with Crippen molar-refractivity contribution in [1.29, 1.82) is 0 Å². The zero-order chi connectivity index (χ0) is 24.4. The van der Waals surface area contributed by atoms with E-state index >= 15 is 0 Å². The Morgan fingerprint density at radius 3 is 2.29 bits per heavy atom. The summed E-state index contributed by atoms with van der Waals surface area (Å²) in [6.45, 7) is 0.0936. The molecule has 10 heteroatoms. The summed E-state index contributed by atoms with van der Waals surface area (Å²) in [7, 11) is 0. The van der Waals surface area contributed by atoms with Gasteiger partial charge in [-0.25, -0.2) is 9.69 Å². The molecule has 172 valence electrons. The highest BCUT2D eigenvalue weighted by Gasteiger charge is 2.35. The van der Waals surface area contributed by atoms with E-state index in [1.807, 2.05) is 0 Å². The van der Waals surface area contributed by atoms with Crippen LogP contribution in [0.1, 0.15) is 21.5 Å². The quantitative estimate of drug-likeness (QED) is 0.379. The van der Waals surface area contributed by atoms with Gasteiger partial charge in [-0.3, -0.25) is 4.79 Å². The Labute approximate surface area is 209 Å². The largest absolute Gasteiger partial charge is 0.545 e. The van der Waals surface area contributed by atoms with Crippen LogP contribution in [0.2, 0.25) is 15.1 Å². The molecule has 0 atom stereocenters. The lowest BCUT2D eigenvalue weighted by Gasteiger charge is -2.12. The van der Waals surface area contributed by atoms with E-state index in [0.717, 1.165) is 4.90 Å². The summed E-state index contributed by atoms with van der Waals surface area (Å²) in [5.74, 6) is -1.60. The number of ether oxygens (including phenoxy) is 1. The average Bonchev–Trinajstić information content (AvgIpc) is 3.06. The second-order valence-corrected chi connectivity index (χ2v) is 8.45. The topological polar surface area (TPSA) is 98.8 Å². The van der Waals surface area contributed by atoms with E-state index in [2.05, 4.69) is 5.32 Å². The van der Waals surface area contributed by atoms with Crippen LogP contribution in [0.5, 0.6) is 5.75 Å². The summed E-state index contributed by atoms with van der Waals surface area (Å²) in [6.07, 6.45) is 1.45. The molecule has 1 N–H and O–H groups in total. The minimum Gasteiger partial charge on any atom is -0.545 e. The number of rotatable bonds is 6. The molecule has 4 rings (SSSR count). The molecule has 7 nitrogen and oxygen atoms in total. The maximum Gasteiger partial charge on any atom is 0.333 e. The highest BCUT2D eigenvalue weighted by molar-refractivity contribution is 6.37. The minimum atomic E-state index is -1.27. The van der Waals surface area contributed by atoms with Gasteiger partial charge >= 0.3 is 6.03 Å². The molecule has 0 bridgehead atoms. The molecule has 1 heterocycles. The van der Waals surface area contributed by atoms with Gasteiger partial charge in [0.1, 0.15) is 12.3 Å². The number of hydrogen-bond acceptors (Lipinski definition) is 5. The van der Waals surface area contributed by atoms with Crippen molar-refractivity contribution in [2.75, 3.05) is 4.90 Å². The molecule has 0 spiro atoms. The van der Waals surface area contributed by atoms with Gasteiger partial charge in [0.05, 0.1) is 21.7 Å². The van der Waals surface area contributed by atoms with Crippen molar-refractivity contribution in [1.82, 2.24) is 5.32 Å². The number of hydrogen-bond donors (Lipinski definition) is 1. The van der Waals surface area contributed by atoms with Crippen LogP contribution in [0.25, 0.3) is 6.08 Å². The Morgan fingerprint density at radius 2 is 1.68 bits per heavy atom. The van der Waals surface area contributed by atoms with E-state index in [0.29, 0.717) is 21.8 Å². The zero-order valence-corrected chi connectivity index (χ0v) is 19.4. The van der Waals surface area contributed by atoms with Gasteiger partial charge in [-0.05, 0) is 53.1 Å². The third kappa shape index (κ3) is 5.02. The van der Waals surface area contributed by atoms with Crippen molar-refractivity contribution >= 4 is 64.5 Å². The van der Waals surface area contributed by atoms with E-state index in [9.17, 15) is 19.5 Å². The SMILES string of the molecule is O=C([O-])c1ccc(COc2c(Cl)cc(/C=C3/NC(=O)N(c4cccc(Cl)c4)C3=O)cc2Cl)cc1. The summed E-state index contributed by atoms with van der Waals surface area (Å²) >= 11 is 18.6. The third-order valence-electron chi connectivity index (χ3n) is 4.85. The summed E-state index contributed by atoms with van der Waals surface area (Å²) < 4.78 is 5.70. The number of aromatic carboxylic acids is 1. The van der Waals surface area contributed by atoms with Gasteiger partial charge in [0, 0.05) is 5.02 Å². The molecule has 1 fully saturated rings. The lowest BCUT2D eigenvalue weighted by Crippen LogP contribution is -2.30. The third-order valence-corrected chi connectivity index (χ3v) is 5.65. The van der Waals surface area contributed by atoms with Crippen molar-refractivity contribution < 1.29 is 24.2 Å². The van der Waals surface area contributed by atoms with Gasteiger partial charge < -0.3 is 20.0 Å². The molecule has 3 aromatic carbocycles. The number of amides is 3. The Bertz CT molecular complexity index is 1320. The predicted molar refractivity (Wildman–Crippen MR) is 127 cm³/mol. The fourth-order valence-corrected chi connectivity index (χ4v) is 4.04. The number of carbonyl (C=O) groups excluding carboxylic acids is 3. The van der Waals surface area contributed by atoms with E-state index in [1.54, 1.807) is 30.3 Å². The zero-order valence-electron chi connectivity index (χ0n) is 17.2. The number of nitrogens with zero attached hydrogens (tertiary/aromatic N) is 1. The first kappa shape index (κ1) is 23.6. The van der Waals surface area contributed by atoms with Crippen molar-refractivity contribution in [3.63, 3.8) is 0 Å². The number of carbonyl (C=O) groups is 3. The number of carboxylic acids is 1. The van der Waals surface area contributed by atoms with Crippen LogP contribution in [0, 0.1) is 0 Å². The maximum atomic E-state index is 12.8. The highest BCUT2D eigenvalue weighted by Crippen LogP contribution is 2.36. The second-order valence-electron chi connectivity index (χ2n) is 7.20. The molecule has 0 radical (unpaired) electrons. The molecule has 0 unspecified atom stereocenters. The molecule has 0 saturated carbocycles. The summed E-state index contributed by atoms with van der Waals surface area (Å²) in [6, 6.07) is 14.8. The molecule has 3 amide bonds. The monoisotopic (exact) mass is 515 g/mol. The van der Waals surface area contributed by atoms with Crippen LogP contribution >= 0.6 is 34.8 Å². The first-order valence-corrected chi connectivity index (χ1v) is 10.9. The Kier molecular flexibility index (Phi) is 6.79. The van der Waals surface area contributed by atoms with Crippen LogP contribution in [0.15, 0.2) is 66.4 Å².